The summed E-state index contributed by atoms with van der Waals surface area (Å²) < 4.78 is 0. The Morgan fingerprint density at radius 3 is 2.86 bits per heavy atom. The van der Waals surface area contributed by atoms with Crippen LogP contribution in [0, 0.1) is 6.92 Å². The molecule has 0 aliphatic rings. The molecule has 3 N–H and O–H groups in total. The zero-order chi connectivity index (χ0) is 10.1. The summed E-state index contributed by atoms with van der Waals surface area (Å²) in [4.78, 5) is 14.0. The van der Waals surface area contributed by atoms with Gasteiger partial charge in [0, 0.05) is 23.5 Å². The average Bonchev–Trinajstić information content (AvgIpc) is 2.17. The number of hydrogen-bond acceptors (Lipinski definition) is 2. The van der Waals surface area contributed by atoms with Crippen molar-refractivity contribution in [3.05, 3.63) is 45.7 Å². The Hall–Kier alpha value is -1.61. The fourth-order valence-electron chi connectivity index (χ4n) is 1.61. The molecule has 0 atom stereocenters. The monoisotopic (exact) mass is 188 g/mol. The van der Waals surface area contributed by atoms with Gasteiger partial charge in [0.2, 0.25) is 5.56 Å². The van der Waals surface area contributed by atoms with Crippen molar-refractivity contribution in [3.8, 4) is 0 Å². The third-order valence-corrected chi connectivity index (χ3v) is 2.30. The maximum atomic E-state index is 11.2. The summed E-state index contributed by atoms with van der Waals surface area (Å²) in [6.45, 7) is 2.41. The van der Waals surface area contributed by atoms with Crippen LogP contribution in [0.4, 0.5) is 0 Å². The molecule has 2 rings (SSSR count). The largest absolute Gasteiger partial charge is 0.326 e. The highest BCUT2D eigenvalue weighted by Crippen LogP contribution is 2.15. The molecular weight excluding hydrogens is 176 g/mol. The number of aryl methyl sites for hydroxylation is 1. The molecule has 1 heterocycles. The van der Waals surface area contributed by atoms with Crippen molar-refractivity contribution in [2.45, 2.75) is 13.5 Å². The predicted molar refractivity (Wildman–Crippen MR) is 57.2 cm³/mol. The van der Waals surface area contributed by atoms with Gasteiger partial charge in [0.05, 0.1) is 0 Å². The lowest BCUT2D eigenvalue weighted by atomic mass is 10.1. The number of nitrogens with two attached hydrogens (primary N) is 1. The molecule has 0 saturated heterocycles. The molecule has 0 spiro atoms. The molecule has 0 fully saturated rings. The van der Waals surface area contributed by atoms with Gasteiger partial charge >= 0.3 is 0 Å². The first kappa shape index (κ1) is 8.97. The van der Waals surface area contributed by atoms with Crippen molar-refractivity contribution < 1.29 is 0 Å². The summed E-state index contributed by atoms with van der Waals surface area (Å²) in [5.41, 5.74) is 8.40. The van der Waals surface area contributed by atoms with E-state index in [9.17, 15) is 4.79 Å². The van der Waals surface area contributed by atoms with E-state index in [1.807, 2.05) is 25.1 Å². The molecule has 2 aromatic rings. The molecule has 0 saturated carbocycles. The number of aromatic amines is 1. The summed E-state index contributed by atoms with van der Waals surface area (Å²) in [5.74, 6) is 0. The highest BCUT2D eigenvalue weighted by atomic mass is 16.1. The standard InChI is InChI=1S/C11H12N2O/c1-7-2-3-10-9(4-7)8(6-12)5-11(14)13-10/h2-5H,6,12H2,1H3,(H,13,14). The quantitative estimate of drug-likeness (QED) is 0.708. The minimum absolute atomic E-state index is 0.0956. The van der Waals surface area contributed by atoms with Crippen LogP contribution in [0.25, 0.3) is 10.9 Å². The van der Waals surface area contributed by atoms with Gasteiger partial charge in [-0.05, 0) is 24.6 Å². The molecule has 3 nitrogen and oxygen atoms in total. The second kappa shape index (κ2) is 3.27. The number of fused-ring (bicyclic) bond motifs is 1. The molecule has 0 radical (unpaired) electrons. The molecule has 14 heavy (non-hydrogen) atoms. The first-order valence-electron chi connectivity index (χ1n) is 4.53. The minimum atomic E-state index is -0.0956. The molecule has 1 aromatic heterocycles. The van der Waals surface area contributed by atoms with Crippen LogP contribution in [-0.4, -0.2) is 4.98 Å². The van der Waals surface area contributed by atoms with Crippen LogP contribution in [0.2, 0.25) is 0 Å². The number of aromatic nitrogens is 1. The van der Waals surface area contributed by atoms with E-state index >= 15 is 0 Å². The Balaban J connectivity index is 2.88. The second-order valence-corrected chi connectivity index (χ2v) is 3.41. The average molecular weight is 188 g/mol. The normalized spacial score (nSPS) is 10.7. The van der Waals surface area contributed by atoms with E-state index in [1.54, 1.807) is 6.07 Å². The lowest BCUT2D eigenvalue weighted by Crippen LogP contribution is -2.09. The van der Waals surface area contributed by atoms with Gasteiger partial charge in [-0.15, -0.1) is 0 Å². The lowest BCUT2D eigenvalue weighted by Gasteiger charge is -2.04. The van der Waals surface area contributed by atoms with Gasteiger partial charge in [0.25, 0.3) is 0 Å². The van der Waals surface area contributed by atoms with Crippen LogP contribution in [-0.2, 0) is 6.54 Å². The maximum absolute atomic E-state index is 11.2. The number of hydrogen-bond donors (Lipinski definition) is 2. The Kier molecular flexibility index (Phi) is 2.09. The summed E-state index contributed by atoms with van der Waals surface area (Å²) in [7, 11) is 0. The van der Waals surface area contributed by atoms with Crippen molar-refractivity contribution in [3.63, 3.8) is 0 Å². The van der Waals surface area contributed by atoms with Crippen LogP contribution >= 0.6 is 0 Å². The Bertz CT molecular complexity index is 528. The third-order valence-electron chi connectivity index (χ3n) is 2.30. The lowest BCUT2D eigenvalue weighted by molar-refractivity contribution is 1.07. The molecular formula is C11H12N2O. The Morgan fingerprint density at radius 2 is 2.14 bits per heavy atom. The number of benzene rings is 1. The molecule has 72 valence electrons. The molecule has 0 aliphatic heterocycles. The van der Waals surface area contributed by atoms with Gasteiger partial charge in [-0.2, -0.15) is 0 Å². The minimum Gasteiger partial charge on any atom is -0.326 e. The predicted octanol–water partition coefficient (Wildman–Crippen LogP) is 1.30. The number of rotatable bonds is 1. The second-order valence-electron chi connectivity index (χ2n) is 3.41. The van der Waals surface area contributed by atoms with E-state index in [-0.39, 0.29) is 5.56 Å². The van der Waals surface area contributed by atoms with Gasteiger partial charge in [0.1, 0.15) is 0 Å². The van der Waals surface area contributed by atoms with Crippen LogP contribution in [0.1, 0.15) is 11.1 Å². The Labute approximate surface area is 81.6 Å². The fraction of sp³-hybridized carbons (Fsp3) is 0.182. The van der Waals surface area contributed by atoms with Gasteiger partial charge in [-0.3, -0.25) is 4.79 Å². The van der Waals surface area contributed by atoms with E-state index in [0.29, 0.717) is 6.54 Å². The molecule has 1 aromatic carbocycles. The molecule has 3 heteroatoms. The zero-order valence-corrected chi connectivity index (χ0v) is 8.00. The van der Waals surface area contributed by atoms with Gasteiger partial charge in [-0.25, -0.2) is 0 Å². The number of pyridine rings is 1. The molecule has 0 bridgehead atoms. The van der Waals surface area contributed by atoms with Crippen LogP contribution in [0.15, 0.2) is 29.1 Å². The number of nitrogens with one attached hydrogen (secondary N) is 1. The van der Waals surface area contributed by atoms with Gasteiger partial charge in [-0.1, -0.05) is 11.6 Å². The first-order valence-corrected chi connectivity index (χ1v) is 4.53. The van der Waals surface area contributed by atoms with Crippen molar-refractivity contribution in [1.82, 2.24) is 4.98 Å². The van der Waals surface area contributed by atoms with Crippen molar-refractivity contribution in [1.29, 1.82) is 0 Å². The van der Waals surface area contributed by atoms with E-state index in [1.165, 1.54) is 5.56 Å². The first-order chi connectivity index (χ1) is 6.70. The van der Waals surface area contributed by atoms with E-state index in [4.69, 9.17) is 5.73 Å². The van der Waals surface area contributed by atoms with Crippen LogP contribution < -0.4 is 11.3 Å². The van der Waals surface area contributed by atoms with Crippen molar-refractivity contribution in [2.24, 2.45) is 5.73 Å². The maximum Gasteiger partial charge on any atom is 0.248 e. The van der Waals surface area contributed by atoms with E-state index < -0.39 is 0 Å². The summed E-state index contributed by atoms with van der Waals surface area (Å²) in [5, 5.41) is 1.03. The summed E-state index contributed by atoms with van der Waals surface area (Å²) >= 11 is 0. The smallest absolute Gasteiger partial charge is 0.248 e. The fourth-order valence-corrected chi connectivity index (χ4v) is 1.61. The zero-order valence-electron chi connectivity index (χ0n) is 8.00. The van der Waals surface area contributed by atoms with Gasteiger partial charge in [0.15, 0.2) is 0 Å². The van der Waals surface area contributed by atoms with E-state index in [2.05, 4.69) is 4.98 Å². The number of H-pyrrole nitrogens is 1. The van der Waals surface area contributed by atoms with Crippen molar-refractivity contribution >= 4 is 10.9 Å². The van der Waals surface area contributed by atoms with E-state index in [0.717, 1.165) is 16.5 Å². The van der Waals surface area contributed by atoms with Gasteiger partial charge < -0.3 is 10.7 Å². The third kappa shape index (κ3) is 1.42. The topological polar surface area (TPSA) is 58.9 Å². The van der Waals surface area contributed by atoms with Crippen LogP contribution in [0.3, 0.4) is 0 Å². The van der Waals surface area contributed by atoms with Crippen LogP contribution in [0.5, 0.6) is 0 Å². The Morgan fingerprint density at radius 1 is 1.36 bits per heavy atom. The van der Waals surface area contributed by atoms with Crippen molar-refractivity contribution in [2.75, 3.05) is 0 Å². The SMILES string of the molecule is Cc1ccc2[nH]c(=O)cc(CN)c2c1. The molecule has 0 unspecified atom stereocenters. The summed E-state index contributed by atoms with van der Waals surface area (Å²) in [6, 6.07) is 7.47. The molecule has 0 aliphatic carbocycles. The summed E-state index contributed by atoms with van der Waals surface area (Å²) in [6.07, 6.45) is 0. The highest BCUT2D eigenvalue weighted by molar-refractivity contribution is 5.82. The highest BCUT2D eigenvalue weighted by Gasteiger charge is 2.01. The molecule has 0 amide bonds.